The molecule has 0 aromatic heterocycles. The van der Waals surface area contributed by atoms with Crippen molar-refractivity contribution in [3.8, 4) is 11.5 Å². The van der Waals surface area contributed by atoms with Crippen LogP contribution in [0.2, 0.25) is 0 Å². The Morgan fingerprint density at radius 3 is 3.05 bits per heavy atom. The second-order valence-electron chi connectivity index (χ2n) is 4.43. The Morgan fingerprint density at radius 1 is 1.45 bits per heavy atom. The maximum atomic E-state index is 12.2. The third kappa shape index (κ3) is 3.86. The molecule has 1 aliphatic heterocycles. The van der Waals surface area contributed by atoms with Crippen molar-refractivity contribution in [1.29, 1.82) is 0 Å². The second kappa shape index (κ2) is 7.50. The van der Waals surface area contributed by atoms with Gasteiger partial charge in [-0.05, 0) is 18.6 Å². The lowest BCUT2D eigenvalue weighted by Gasteiger charge is -2.20. The average Bonchev–Trinajstić information content (AvgIpc) is 2.47. The Labute approximate surface area is 126 Å². The van der Waals surface area contributed by atoms with Crippen molar-refractivity contribution in [2.45, 2.75) is 11.2 Å². The van der Waals surface area contributed by atoms with Crippen molar-refractivity contribution in [2.75, 3.05) is 33.5 Å². The standard InChI is InChI=1S/C14H18BrNO4/c1-18-9-10(15)5-6-16-14(17)11-3-2-4-12-13(11)20-8-7-19-12/h2-4,10H,5-9H2,1H3,(H,16,17). The highest BCUT2D eigenvalue weighted by Crippen LogP contribution is 2.33. The fourth-order valence-electron chi connectivity index (χ4n) is 1.95. The molecule has 1 aromatic carbocycles. The van der Waals surface area contributed by atoms with Crippen molar-refractivity contribution in [1.82, 2.24) is 5.32 Å². The van der Waals surface area contributed by atoms with Crippen LogP contribution in [-0.2, 0) is 4.74 Å². The number of carbonyl (C=O) groups excluding carboxylic acids is 1. The molecule has 1 amide bonds. The van der Waals surface area contributed by atoms with Crippen molar-refractivity contribution < 1.29 is 19.0 Å². The van der Waals surface area contributed by atoms with Crippen molar-refractivity contribution in [2.24, 2.45) is 0 Å². The topological polar surface area (TPSA) is 56.8 Å². The second-order valence-corrected chi connectivity index (χ2v) is 5.72. The van der Waals surface area contributed by atoms with Crippen LogP contribution in [0.3, 0.4) is 0 Å². The maximum absolute atomic E-state index is 12.2. The van der Waals surface area contributed by atoms with E-state index in [1.807, 2.05) is 0 Å². The zero-order valence-electron chi connectivity index (χ0n) is 11.4. The number of carbonyl (C=O) groups is 1. The van der Waals surface area contributed by atoms with Crippen LogP contribution in [0, 0.1) is 0 Å². The highest BCUT2D eigenvalue weighted by Gasteiger charge is 2.20. The molecule has 1 unspecified atom stereocenters. The van der Waals surface area contributed by atoms with E-state index >= 15 is 0 Å². The number of amides is 1. The van der Waals surface area contributed by atoms with Crippen molar-refractivity contribution in [3.05, 3.63) is 23.8 Å². The summed E-state index contributed by atoms with van der Waals surface area (Å²) in [5.74, 6) is 1.01. The van der Waals surface area contributed by atoms with Crippen LogP contribution < -0.4 is 14.8 Å². The van der Waals surface area contributed by atoms with Gasteiger partial charge in [-0.3, -0.25) is 4.79 Å². The molecule has 6 heteroatoms. The summed E-state index contributed by atoms with van der Waals surface area (Å²) in [6.45, 7) is 2.17. The Morgan fingerprint density at radius 2 is 2.25 bits per heavy atom. The zero-order valence-corrected chi connectivity index (χ0v) is 12.9. The van der Waals surface area contributed by atoms with Gasteiger partial charge in [0.25, 0.3) is 5.91 Å². The number of hydrogen-bond donors (Lipinski definition) is 1. The molecule has 1 heterocycles. The number of alkyl halides is 1. The van der Waals surface area contributed by atoms with Crippen LogP contribution in [0.1, 0.15) is 16.8 Å². The minimum Gasteiger partial charge on any atom is -0.486 e. The third-order valence-corrected chi connectivity index (χ3v) is 3.62. The first-order valence-electron chi connectivity index (χ1n) is 6.52. The SMILES string of the molecule is COCC(Br)CCNC(=O)c1cccc2c1OCCO2. The summed E-state index contributed by atoms with van der Waals surface area (Å²) >= 11 is 3.48. The molecule has 110 valence electrons. The van der Waals surface area contributed by atoms with Crippen LogP contribution in [0.25, 0.3) is 0 Å². The Balaban J connectivity index is 1.93. The van der Waals surface area contributed by atoms with Gasteiger partial charge in [0.1, 0.15) is 13.2 Å². The van der Waals surface area contributed by atoms with E-state index in [9.17, 15) is 4.79 Å². The summed E-state index contributed by atoms with van der Waals surface area (Å²) in [6, 6.07) is 5.34. The molecular formula is C14H18BrNO4. The molecule has 0 aliphatic carbocycles. The number of rotatable bonds is 6. The molecule has 0 spiro atoms. The molecule has 20 heavy (non-hydrogen) atoms. The van der Waals surface area contributed by atoms with Crippen LogP contribution in [0.15, 0.2) is 18.2 Å². The normalized spacial score (nSPS) is 14.7. The Kier molecular flexibility index (Phi) is 5.67. The van der Waals surface area contributed by atoms with Gasteiger partial charge in [0.05, 0.1) is 12.2 Å². The summed E-state index contributed by atoms with van der Waals surface area (Å²) in [6.07, 6.45) is 0.798. The van der Waals surface area contributed by atoms with E-state index in [0.717, 1.165) is 6.42 Å². The Hall–Kier alpha value is -1.27. The lowest BCUT2D eigenvalue weighted by molar-refractivity contribution is 0.0941. The number of halogens is 1. The predicted molar refractivity (Wildman–Crippen MR) is 79.0 cm³/mol. The minimum atomic E-state index is -0.149. The lowest BCUT2D eigenvalue weighted by Crippen LogP contribution is -2.28. The van der Waals surface area contributed by atoms with Gasteiger partial charge < -0.3 is 19.5 Å². The number of methoxy groups -OCH3 is 1. The van der Waals surface area contributed by atoms with E-state index in [4.69, 9.17) is 14.2 Å². The van der Waals surface area contributed by atoms with E-state index in [0.29, 0.717) is 43.4 Å². The Bertz CT molecular complexity index is 466. The summed E-state index contributed by atoms with van der Waals surface area (Å²) < 4.78 is 16.0. The molecule has 1 N–H and O–H groups in total. The van der Waals surface area contributed by atoms with Gasteiger partial charge >= 0.3 is 0 Å². The molecular weight excluding hydrogens is 326 g/mol. The van der Waals surface area contributed by atoms with Crippen LogP contribution in [0.5, 0.6) is 11.5 Å². The number of ether oxygens (including phenoxy) is 3. The van der Waals surface area contributed by atoms with Gasteiger partial charge in [0.2, 0.25) is 0 Å². The van der Waals surface area contributed by atoms with Crippen molar-refractivity contribution in [3.63, 3.8) is 0 Å². The molecule has 0 bridgehead atoms. The number of fused-ring (bicyclic) bond motifs is 1. The number of para-hydroxylation sites is 1. The fourth-order valence-corrected chi connectivity index (χ4v) is 2.45. The zero-order chi connectivity index (χ0) is 14.4. The minimum absolute atomic E-state index is 0.149. The monoisotopic (exact) mass is 343 g/mol. The molecule has 0 saturated carbocycles. The predicted octanol–water partition coefficient (Wildman–Crippen LogP) is 1.99. The van der Waals surface area contributed by atoms with Crippen LogP contribution in [-0.4, -0.2) is 44.2 Å². The third-order valence-electron chi connectivity index (χ3n) is 2.90. The molecule has 1 atom stereocenters. The molecule has 0 fully saturated rings. The first kappa shape index (κ1) is 15.1. The van der Waals surface area contributed by atoms with E-state index in [-0.39, 0.29) is 10.7 Å². The largest absolute Gasteiger partial charge is 0.486 e. The van der Waals surface area contributed by atoms with Crippen molar-refractivity contribution >= 4 is 21.8 Å². The molecule has 1 aliphatic rings. The van der Waals surface area contributed by atoms with E-state index in [2.05, 4.69) is 21.2 Å². The quantitative estimate of drug-likeness (QED) is 0.802. The van der Waals surface area contributed by atoms with E-state index < -0.39 is 0 Å². The number of benzene rings is 1. The number of nitrogens with one attached hydrogen (secondary N) is 1. The first-order chi connectivity index (χ1) is 9.72. The average molecular weight is 344 g/mol. The smallest absolute Gasteiger partial charge is 0.255 e. The van der Waals surface area contributed by atoms with Gasteiger partial charge in [-0.1, -0.05) is 22.0 Å². The van der Waals surface area contributed by atoms with Gasteiger partial charge in [0.15, 0.2) is 11.5 Å². The fraction of sp³-hybridized carbons (Fsp3) is 0.500. The van der Waals surface area contributed by atoms with E-state index in [1.54, 1.807) is 25.3 Å². The van der Waals surface area contributed by atoms with Gasteiger partial charge in [-0.25, -0.2) is 0 Å². The lowest BCUT2D eigenvalue weighted by atomic mass is 10.1. The highest BCUT2D eigenvalue weighted by atomic mass is 79.9. The highest BCUT2D eigenvalue weighted by molar-refractivity contribution is 9.09. The summed E-state index contributed by atoms with van der Waals surface area (Å²) in [5, 5.41) is 2.88. The van der Waals surface area contributed by atoms with E-state index in [1.165, 1.54) is 0 Å². The van der Waals surface area contributed by atoms with Crippen LogP contribution >= 0.6 is 15.9 Å². The summed E-state index contributed by atoms with van der Waals surface area (Å²) in [4.78, 5) is 12.4. The molecule has 5 nitrogen and oxygen atoms in total. The van der Waals surface area contributed by atoms with Gasteiger partial charge in [-0.2, -0.15) is 0 Å². The number of hydrogen-bond acceptors (Lipinski definition) is 4. The summed E-state index contributed by atoms with van der Waals surface area (Å²) in [7, 11) is 1.65. The maximum Gasteiger partial charge on any atom is 0.255 e. The molecule has 0 radical (unpaired) electrons. The molecule has 1 aromatic rings. The molecule has 0 saturated heterocycles. The van der Waals surface area contributed by atoms with Crippen LogP contribution in [0.4, 0.5) is 0 Å². The molecule has 2 rings (SSSR count). The van der Waals surface area contributed by atoms with Gasteiger partial charge in [-0.15, -0.1) is 0 Å². The summed E-state index contributed by atoms with van der Waals surface area (Å²) in [5.41, 5.74) is 0.514. The first-order valence-corrected chi connectivity index (χ1v) is 7.43. The van der Waals surface area contributed by atoms with Gasteiger partial charge in [0, 0.05) is 18.5 Å².